The summed E-state index contributed by atoms with van der Waals surface area (Å²) in [5.41, 5.74) is 13.8. The zero-order valence-corrected chi connectivity index (χ0v) is 9.81. The number of anilines is 2. The number of nitrogens with two attached hydrogens (primary N) is 1. The van der Waals surface area contributed by atoms with E-state index in [0.29, 0.717) is 18.8 Å². The van der Waals surface area contributed by atoms with Crippen LogP contribution in [0.3, 0.4) is 0 Å². The lowest BCUT2D eigenvalue weighted by molar-refractivity contribution is -0.117. The Bertz CT molecular complexity index is 503. The summed E-state index contributed by atoms with van der Waals surface area (Å²) >= 11 is 0. The van der Waals surface area contributed by atoms with Gasteiger partial charge in [0.05, 0.1) is 0 Å². The van der Waals surface area contributed by atoms with Crippen LogP contribution in [-0.2, 0) is 4.79 Å². The highest BCUT2D eigenvalue weighted by Crippen LogP contribution is 2.22. The first-order valence-electron chi connectivity index (χ1n) is 5.39. The molecule has 0 bridgehead atoms. The highest BCUT2D eigenvalue weighted by molar-refractivity contribution is 5.94. The maximum Gasteiger partial charge on any atom is 0.237 e. The number of aryl methyl sites for hydroxylation is 1. The number of azide groups is 1. The number of rotatable bonds is 3. The third-order valence-corrected chi connectivity index (χ3v) is 2.60. The zero-order valence-electron chi connectivity index (χ0n) is 9.81. The molecule has 9 nitrogen and oxygen atoms in total. The van der Waals surface area contributed by atoms with E-state index in [0.717, 1.165) is 0 Å². The van der Waals surface area contributed by atoms with Crippen molar-refractivity contribution in [3.05, 3.63) is 16.3 Å². The van der Waals surface area contributed by atoms with E-state index in [4.69, 9.17) is 11.3 Å². The van der Waals surface area contributed by atoms with E-state index < -0.39 is 0 Å². The molecule has 1 fully saturated rings. The van der Waals surface area contributed by atoms with Gasteiger partial charge in [-0.15, -0.1) is 0 Å². The maximum atomic E-state index is 11.8. The molecule has 2 rings (SSSR count). The predicted molar refractivity (Wildman–Crippen MR) is 63.4 cm³/mol. The smallest absolute Gasteiger partial charge is 0.237 e. The van der Waals surface area contributed by atoms with Crippen molar-refractivity contribution in [3.63, 3.8) is 0 Å². The monoisotopic (exact) mass is 248 g/mol. The van der Waals surface area contributed by atoms with Gasteiger partial charge in [-0.05, 0) is 18.4 Å². The van der Waals surface area contributed by atoms with Gasteiger partial charge in [-0.1, -0.05) is 5.11 Å². The molecule has 9 heteroatoms. The SMILES string of the molecule is Cc1nc(N)nc(N2CC(CN=[N+]=[N-])CC2=O)n1. The lowest BCUT2D eigenvalue weighted by atomic mass is 10.1. The van der Waals surface area contributed by atoms with Crippen LogP contribution in [0.25, 0.3) is 10.4 Å². The molecule has 1 aliphatic rings. The number of aromatic nitrogens is 3. The van der Waals surface area contributed by atoms with Crippen LogP contribution in [0.4, 0.5) is 11.9 Å². The summed E-state index contributed by atoms with van der Waals surface area (Å²) in [5, 5.41) is 3.48. The Hall–Kier alpha value is -2.41. The number of carbonyl (C=O) groups is 1. The Morgan fingerprint density at radius 3 is 3.00 bits per heavy atom. The molecular formula is C9H12N8O. The second-order valence-corrected chi connectivity index (χ2v) is 4.03. The number of hydrogen-bond donors (Lipinski definition) is 1. The Morgan fingerprint density at radius 2 is 2.33 bits per heavy atom. The first kappa shape index (κ1) is 12.1. The second kappa shape index (κ2) is 4.84. The molecule has 94 valence electrons. The van der Waals surface area contributed by atoms with Crippen LogP contribution in [0.5, 0.6) is 0 Å². The van der Waals surface area contributed by atoms with Crippen LogP contribution in [0.1, 0.15) is 12.2 Å². The van der Waals surface area contributed by atoms with Gasteiger partial charge in [-0.3, -0.25) is 9.69 Å². The third-order valence-electron chi connectivity index (χ3n) is 2.60. The minimum atomic E-state index is -0.0989. The van der Waals surface area contributed by atoms with Crippen LogP contribution in [0, 0.1) is 12.8 Å². The topological polar surface area (TPSA) is 134 Å². The normalized spacial score (nSPS) is 18.8. The van der Waals surface area contributed by atoms with Gasteiger partial charge in [0.25, 0.3) is 0 Å². The van der Waals surface area contributed by atoms with Crippen LogP contribution in [-0.4, -0.2) is 33.9 Å². The highest BCUT2D eigenvalue weighted by Gasteiger charge is 2.32. The first-order chi connectivity index (χ1) is 8.60. The van der Waals surface area contributed by atoms with Gasteiger partial charge in [0, 0.05) is 24.4 Å². The van der Waals surface area contributed by atoms with Crippen molar-refractivity contribution in [1.29, 1.82) is 0 Å². The molecule has 0 spiro atoms. The molecule has 2 N–H and O–H groups in total. The average Bonchev–Trinajstić information content (AvgIpc) is 2.66. The molecule has 1 saturated heterocycles. The zero-order chi connectivity index (χ0) is 13.1. The summed E-state index contributed by atoms with van der Waals surface area (Å²) in [6.45, 7) is 2.40. The lowest BCUT2D eigenvalue weighted by Gasteiger charge is -2.14. The van der Waals surface area contributed by atoms with E-state index >= 15 is 0 Å². The maximum absolute atomic E-state index is 11.8. The minimum Gasteiger partial charge on any atom is -0.368 e. The Morgan fingerprint density at radius 1 is 1.56 bits per heavy atom. The second-order valence-electron chi connectivity index (χ2n) is 4.03. The van der Waals surface area contributed by atoms with Crippen molar-refractivity contribution >= 4 is 17.8 Å². The molecule has 1 aromatic rings. The Labute approximate surface area is 103 Å². The van der Waals surface area contributed by atoms with Crippen molar-refractivity contribution < 1.29 is 4.79 Å². The number of carbonyl (C=O) groups excluding carboxylic acids is 1. The van der Waals surface area contributed by atoms with Crippen LogP contribution < -0.4 is 10.6 Å². The van der Waals surface area contributed by atoms with E-state index in [1.807, 2.05) is 0 Å². The van der Waals surface area contributed by atoms with Crippen LogP contribution >= 0.6 is 0 Å². The average molecular weight is 248 g/mol. The van der Waals surface area contributed by atoms with Crippen LogP contribution in [0.2, 0.25) is 0 Å². The van der Waals surface area contributed by atoms with Gasteiger partial charge in [-0.25, -0.2) is 0 Å². The molecule has 1 atom stereocenters. The van der Waals surface area contributed by atoms with E-state index in [1.54, 1.807) is 6.92 Å². The van der Waals surface area contributed by atoms with E-state index in [2.05, 4.69) is 25.0 Å². The van der Waals surface area contributed by atoms with Gasteiger partial charge in [0.2, 0.25) is 17.8 Å². The summed E-state index contributed by atoms with van der Waals surface area (Å²) in [6, 6.07) is 0. The molecule has 0 aromatic carbocycles. The standard InChI is InChI=1S/C9H12N8O/c1-5-13-8(10)15-9(14-5)17-4-6(2-7(17)18)3-12-16-11/h6H,2-4H2,1H3,(H2,10,13,14,15). The van der Waals surface area contributed by atoms with Crippen molar-refractivity contribution in [3.8, 4) is 0 Å². The fourth-order valence-corrected chi connectivity index (χ4v) is 1.86. The van der Waals surface area contributed by atoms with Crippen molar-refractivity contribution in [2.24, 2.45) is 11.0 Å². The summed E-state index contributed by atoms with van der Waals surface area (Å²) in [4.78, 5) is 27.8. The van der Waals surface area contributed by atoms with Crippen LogP contribution in [0.15, 0.2) is 5.11 Å². The Kier molecular flexibility index (Phi) is 3.24. The Balaban J connectivity index is 2.18. The van der Waals surface area contributed by atoms with Gasteiger partial charge in [0.1, 0.15) is 5.82 Å². The van der Waals surface area contributed by atoms with Gasteiger partial charge in [0.15, 0.2) is 0 Å². The lowest BCUT2D eigenvalue weighted by Crippen LogP contribution is -2.27. The molecule has 1 amide bonds. The first-order valence-corrected chi connectivity index (χ1v) is 5.39. The minimum absolute atomic E-state index is 0.00769. The fraction of sp³-hybridized carbons (Fsp3) is 0.556. The molecule has 0 saturated carbocycles. The highest BCUT2D eigenvalue weighted by atomic mass is 16.2. The number of amides is 1. The van der Waals surface area contributed by atoms with E-state index in [1.165, 1.54) is 4.90 Å². The third kappa shape index (κ3) is 2.46. The number of nitrogens with zero attached hydrogens (tertiary/aromatic N) is 7. The van der Waals surface area contributed by atoms with Gasteiger partial charge in [-0.2, -0.15) is 15.0 Å². The van der Waals surface area contributed by atoms with Gasteiger partial charge >= 0.3 is 0 Å². The number of hydrogen-bond acceptors (Lipinski definition) is 6. The molecule has 1 unspecified atom stereocenters. The number of nitrogen functional groups attached to an aromatic ring is 1. The quantitative estimate of drug-likeness (QED) is 0.470. The molecular weight excluding hydrogens is 236 g/mol. The predicted octanol–water partition coefficient (Wildman–Crippen LogP) is 0.425. The van der Waals surface area contributed by atoms with Crippen molar-refractivity contribution in [1.82, 2.24) is 15.0 Å². The summed E-state index contributed by atoms with van der Waals surface area (Å²) < 4.78 is 0. The summed E-state index contributed by atoms with van der Waals surface area (Å²) in [6.07, 6.45) is 0.323. The molecule has 0 aliphatic carbocycles. The fourth-order valence-electron chi connectivity index (χ4n) is 1.86. The summed E-state index contributed by atoms with van der Waals surface area (Å²) in [7, 11) is 0. The van der Waals surface area contributed by atoms with E-state index in [-0.39, 0.29) is 30.3 Å². The summed E-state index contributed by atoms with van der Waals surface area (Å²) in [5.74, 6) is 0.700. The van der Waals surface area contributed by atoms with Crippen molar-refractivity contribution in [2.45, 2.75) is 13.3 Å². The molecule has 2 heterocycles. The molecule has 1 aromatic heterocycles. The largest absolute Gasteiger partial charge is 0.368 e. The van der Waals surface area contributed by atoms with E-state index in [9.17, 15) is 4.79 Å². The molecule has 18 heavy (non-hydrogen) atoms. The molecule has 1 aliphatic heterocycles. The molecule has 0 radical (unpaired) electrons. The van der Waals surface area contributed by atoms with Gasteiger partial charge < -0.3 is 5.73 Å². The van der Waals surface area contributed by atoms with Crippen molar-refractivity contribution in [2.75, 3.05) is 23.7 Å².